The maximum Gasteiger partial charge on any atom is 0.415 e. The van der Waals surface area contributed by atoms with Gasteiger partial charge in [0.2, 0.25) is 5.82 Å². The average molecular weight is 307 g/mol. The summed E-state index contributed by atoms with van der Waals surface area (Å²) in [6.07, 6.45) is -1.42. The molecule has 1 aromatic rings. The van der Waals surface area contributed by atoms with Crippen LogP contribution in [0.2, 0.25) is 0 Å². The number of hydrogen-bond acceptors (Lipinski definition) is 5. The number of alkyl halides is 3. The molecule has 2 N–H and O–H groups in total. The Morgan fingerprint density at radius 2 is 2.10 bits per heavy atom. The lowest BCUT2D eigenvalue weighted by Crippen LogP contribution is -2.48. The number of hydrogen-bond donors (Lipinski definition) is 1. The van der Waals surface area contributed by atoms with Gasteiger partial charge >= 0.3 is 6.18 Å². The van der Waals surface area contributed by atoms with E-state index in [-0.39, 0.29) is 5.82 Å². The zero-order chi connectivity index (χ0) is 15.9. The van der Waals surface area contributed by atoms with Gasteiger partial charge in [-0.1, -0.05) is 18.5 Å². The van der Waals surface area contributed by atoms with Crippen molar-refractivity contribution in [1.82, 2.24) is 10.1 Å². The van der Waals surface area contributed by atoms with Crippen molar-refractivity contribution >= 4 is 0 Å². The summed E-state index contributed by atoms with van der Waals surface area (Å²) in [6, 6.07) is 0. The maximum atomic E-state index is 12.9. The monoisotopic (exact) mass is 307 g/mol. The van der Waals surface area contributed by atoms with Gasteiger partial charge in [0, 0.05) is 7.11 Å². The maximum absolute atomic E-state index is 12.9. The minimum atomic E-state index is -4.67. The normalized spacial score (nSPS) is 30.1. The molecule has 3 unspecified atom stereocenters. The molecule has 0 radical (unpaired) electrons. The lowest BCUT2D eigenvalue weighted by molar-refractivity contribution is -0.190. The van der Waals surface area contributed by atoms with Gasteiger partial charge in [-0.15, -0.1) is 0 Å². The fourth-order valence-corrected chi connectivity index (χ4v) is 2.72. The third-order valence-electron chi connectivity index (χ3n) is 4.21. The highest BCUT2D eigenvalue weighted by Gasteiger charge is 2.54. The van der Waals surface area contributed by atoms with E-state index in [9.17, 15) is 13.2 Å². The Kier molecular flexibility index (Phi) is 4.05. The molecule has 0 amide bonds. The third-order valence-corrected chi connectivity index (χ3v) is 4.21. The predicted molar refractivity (Wildman–Crippen MR) is 68.2 cm³/mol. The van der Waals surface area contributed by atoms with Crippen LogP contribution in [-0.4, -0.2) is 23.4 Å². The van der Waals surface area contributed by atoms with Crippen LogP contribution in [0.25, 0.3) is 0 Å². The van der Waals surface area contributed by atoms with Crippen LogP contribution in [-0.2, 0) is 15.9 Å². The Morgan fingerprint density at radius 1 is 1.43 bits per heavy atom. The van der Waals surface area contributed by atoms with Crippen molar-refractivity contribution in [2.45, 2.75) is 56.8 Å². The van der Waals surface area contributed by atoms with E-state index in [0.29, 0.717) is 18.8 Å². The summed E-state index contributed by atoms with van der Waals surface area (Å²) in [5.41, 5.74) is 1.84. The lowest BCUT2D eigenvalue weighted by Gasteiger charge is -2.36. The summed E-state index contributed by atoms with van der Waals surface area (Å²) in [5, 5.41) is 3.71. The molecular formula is C13H20F3N3O2. The van der Waals surface area contributed by atoms with E-state index in [0.717, 1.165) is 19.8 Å². The standard InChI is InChI=1S/C13H20F3N3O2/c1-8-5-4-6-12(7-8,20-3)9-18-10(21-19-9)11(2,17)13(14,15)16/h8H,4-7,17H2,1-3H3. The topological polar surface area (TPSA) is 74.2 Å². The summed E-state index contributed by atoms with van der Waals surface area (Å²) < 4.78 is 49.1. The molecule has 8 heteroatoms. The molecule has 1 aliphatic carbocycles. The molecule has 0 aromatic carbocycles. The lowest BCUT2D eigenvalue weighted by atomic mass is 9.78. The highest BCUT2D eigenvalue weighted by Crippen LogP contribution is 2.42. The molecule has 120 valence electrons. The van der Waals surface area contributed by atoms with E-state index < -0.39 is 23.2 Å². The second kappa shape index (κ2) is 5.24. The number of halogens is 3. The van der Waals surface area contributed by atoms with Gasteiger partial charge in [-0.05, 0) is 32.1 Å². The van der Waals surface area contributed by atoms with Crippen LogP contribution < -0.4 is 5.73 Å². The molecule has 1 fully saturated rings. The Balaban J connectivity index is 2.34. The molecule has 3 atom stereocenters. The minimum Gasteiger partial charge on any atom is -0.370 e. The van der Waals surface area contributed by atoms with Gasteiger partial charge in [0.05, 0.1) is 0 Å². The summed E-state index contributed by atoms with van der Waals surface area (Å²) in [5.74, 6) is -0.111. The van der Waals surface area contributed by atoms with Crippen molar-refractivity contribution in [1.29, 1.82) is 0 Å². The van der Waals surface area contributed by atoms with Crippen LogP contribution in [0.15, 0.2) is 4.52 Å². The fourth-order valence-electron chi connectivity index (χ4n) is 2.72. The quantitative estimate of drug-likeness (QED) is 0.929. The molecule has 1 aromatic heterocycles. The number of rotatable bonds is 3. The zero-order valence-corrected chi connectivity index (χ0v) is 12.3. The van der Waals surface area contributed by atoms with Gasteiger partial charge in [0.25, 0.3) is 5.89 Å². The number of nitrogens with zero attached hydrogens (tertiary/aromatic N) is 2. The van der Waals surface area contributed by atoms with E-state index >= 15 is 0 Å². The van der Waals surface area contributed by atoms with Crippen molar-refractivity contribution in [3.8, 4) is 0 Å². The molecule has 1 saturated carbocycles. The zero-order valence-electron chi connectivity index (χ0n) is 12.3. The van der Waals surface area contributed by atoms with Crippen molar-refractivity contribution in [2.24, 2.45) is 11.7 Å². The SMILES string of the molecule is COC1(c2noc(C(C)(N)C(F)(F)F)n2)CCCC(C)C1. The van der Waals surface area contributed by atoms with E-state index in [1.165, 1.54) is 7.11 Å². The molecule has 0 spiro atoms. The first kappa shape index (κ1) is 16.2. The van der Waals surface area contributed by atoms with Crippen molar-refractivity contribution in [3.05, 3.63) is 11.7 Å². The molecule has 0 aliphatic heterocycles. The summed E-state index contributed by atoms with van der Waals surface area (Å²) in [6.45, 7) is 2.88. The summed E-state index contributed by atoms with van der Waals surface area (Å²) >= 11 is 0. The molecule has 1 heterocycles. The second-order valence-corrected chi connectivity index (χ2v) is 6.02. The Labute approximate surface area is 121 Å². The van der Waals surface area contributed by atoms with Gasteiger partial charge in [0.15, 0.2) is 5.54 Å². The van der Waals surface area contributed by atoms with Crippen LogP contribution in [0.1, 0.15) is 51.2 Å². The van der Waals surface area contributed by atoms with Gasteiger partial charge in [-0.3, -0.25) is 0 Å². The van der Waals surface area contributed by atoms with Crippen LogP contribution >= 0.6 is 0 Å². The molecule has 0 saturated heterocycles. The van der Waals surface area contributed by atoms with Gasteiger partial charge in [0.1, 0.15) is 5.60 Å². The van der Waals surface area contributed by atoms with Crippen LogP contribution in [0, 0.1) is 5.92 Å². The summed E-state index contributed by atoms with van der Waals surface area (Å²) in [4.78, 5) is 3.90. The minimum absolute atomic E-state index is 0.146. The van der Waals surface area contributed by atoms with Crippen LogP contribution in [0.5, 0.6) is 0 Å². The average Bonchev–Trinajstić information content (AvgIpc) is 2.87. The number of methoxy groups -OCH3 is 1. The Bertz CT molecular complexity index is 501. The predicted octanol–water partition coefficient (Wildman–Crippen LogP) is 2.86. The van der Waals surface area contributed by atoms with Gasteiger partial charge in [-0.2, -0.15) is 18.2 Å². The Morgan fingerprint density at radius 3 is 2.62 bits per heavy atom. The number of ether oxygens (including phenoxy) is 1. The fraction of sp³-hybridized carbons (Fsp3) is 0.846. The van der Waals surface area contributed by atoms with Crippen molar-refractivity contribution < 1.29 is 22.4 Å². The smallest absolute Gasteiger partial charge is 0.370 e. The first-order valence-corrected chi connectivity index (χ1v) is 6.88. The highest BCUT2D eigenvalue weighted by atomic mass is 19.4. The van der Waals surface area contributed by atoms with Crippen molar-refractivity contribution in [3.63, 3.8) is 0 Å². The molecule has 0 bridgehead atoms. The Hall–Kier alpha value is -1.15. The second-order valence-electron chi connectivity index (χ2n) is 6.02. The molecule has 5 nitrogen and oxygen atoms in total. The van der Waals surface area contributed by atoms with E-state index in [2.05, 4.69) is 17.1 Å². The van der Waals surface area contributed by atoms with Gasteiger partial charge < -0.3 is 15.0 Å². The number of aromatic nitrogens is 2. The summed E-state index contributed by atoms with van der Waals surface area (Å²) in [7, 11) is 1.51. The third kappa shape index (κ3) is 2.78. The molecule has 21 heavy (non-hydrogen) atoms. The van der Waals surface area contributed by atoms with E-state index in [1.54, 1.807) is 0 Å². The largest absolute Gasteiger partial charge is 0.415 e. The first-order chi connectivity index (χ1) is 9.62. The first-order valence-electron chi connectivity index (χ1n) is 6.88. The van der Waals surface area contributed by atoms with Crippen LogP contribution in [0.3, 0.4) is 0 Å². The molecule has 1 aliphatic rings. The van der Waals surface area contributed by atoms with Gasteiger partial charge in [-0.25, -0.2) is 0 Å². The van der Waals surface area contributed by atoms with E-state index in [1.807, 2.05) is 0 Å². The van der Waals surface area contributed by atoms with Crippen LogP contribution in [0.4, 0.5) is 13.2 Å². The highest BCUT2D eigenvalue weighted by molar-refractivity contribution is 5.09. The molecule has 2 rings (SSSR count). The van der Waals surface area contributed by atoms with E-state index in [4.69, 9.17) is 15.0 Å². The van der Waals surface area contributed by atoms with Crippen molar-refractivity contribution in [2.75, 3.05) is 7.11 Å². The number of nitrogens with two attached hydrogens (primary N) is 1. The molecular weight excluding hydrogens is 287 g/mol.